The third-order valence-electron chi connectivity index (χ3n) is 1.05. The van der Waals surface area contributed by atoms with Crippen LogP contribution in [0.5, 0.6) is 0 Å². The second kappa shape index (κ2) is 5.83. The van der Waals surface area contributed by atoms with Crippen LogP contribution in [0, 0.1) is 0 Å². The maximum atomic E-state index is 9.18. The van der Waals surface area contributed by atoms with Crippen molar-refractivity contribution in [1.82, 2.24) is 4.57 Å². The van der Waals surface area contributed by atoms with Crippen LogP contribution in [0.15, 0.2) is 18.7 Å². The number of nitrogens with zero attached hydrogens (tertiary/aromatic N) is 2. The Morgan fingerprint density at radius 3 is 2.25 bits per heavy atom. The first-order valence-electron chi connectivity index (χ1n) is 3.22. The zero-order chi connectivity index (χ0) is 9.56. The zero-order valence-electron chi connectivity index (χ0n) is 7.30. The van der Waals surface area contributed by atoms with Crippen LogP contribution in [0.4, 0.5) is 0 Å². The monoisotopic (exact) mass is 191 g/mol. The van der Waals surface area contributed by atoms with Crippen LogP contribution in [-0.4, -0.2) is 11.7 Å². The van der Waals surface area contributed by atoms with Crippen molar-refractivity contribution in [3.63, 3.8) is 0 Å². The van der Waals surface area contributed by atoms with E-state index in [2.05, 4.69) is 4.52 Å². The smallest absolute Gasteiger partial charge is 0.488 e. The maximum Gasteiger partial charge on any atom is 0.488 e. The van der Waals surface area contributed by atoms with Gasteiger partial charge in [-0.1, -0.05) is 0 Å². The average molecular weight is 191 g/mol. The van der Waals surface area contributed by atoms with Crippen molar-refractivity contribution in [2.75, 3.05) is 7.11 Å². The Balaban J connectivity index is 0.000000217. The number of aromatic nitrogens is 2. The molecule has 0 saturated carbocycles. The number of rotatable bonds is 1. The van der Waals surface area contributed by atoms with Gasteiger partial charge in [0.1, 0.15) is 12.4 Å². The molecule has 1 aromatic heterocycles. The summed E-state index contributed by atoms with van der Waals surface area (Å²) in [4.78, 5) is 9.18. The van der Waals surface area contributed by atoms with Crippen LogP contribution in [0.3, 0.4) is 0 Å². The van der Waals surface area contributed by atoms with Gasteiger partial charge in [0, 0.05) is 0 Å². The van der Waals surface area contributed by atoms with Crippen LogP contribution in [0.1, 0.15) is 0 Å². The van der Waals surface area contributed by atoms with Gasteiger partial charge in [-0.05, 0) is 4.57 Å². The molecule has 0 spiro atoms. The van der Waals surface area contributed by atoms with Crippen LogP contribution >= 0.6 is 8.25 Å². The van der Waals surface area contributed by atoms with E-state index in [1.807, 2.05) is 42.0 Å². The summed E-state index contributed by atoms with van der Waals surface area (Å²) >= 11 is 0. The Morgan fingerprint density at radius 1 is 1.67 bits per heavy atom. The van der Waals surface area contributed by atoms with E-state index in [1.165, 1.54) is 0 Å². The lowest BCUT2D eigenvalue weighted by Gasteiger charge is -1.72. The predicted molar refractivity (Wildman–Crippen MR) is 41.2 cm³/mol. The van der Waals surface area contributed by atoms with Gasteiger partial charge in [-0.25, -0.2) is 9.13 Å². The van der Waals surface area contributed by atoms with E-state index in [1.54, 1.807) is 0 Å². The summed E-state index contributed by atoms with van der Waals surface area (Å²) in [7, 11) is 2.50. The van der Waals surface area contributed by atoms with E-state index in [0.717, 1.165) is 7.11 Å². The lowest BCUT2D eigenvalue weighted by Crippen LogP contribution is -2.23. The van der Waals surface area contributed by atoms with Crippen molar-refractivity contribution in [2.45, 2.75) is 0 Å². The van der Waals surface area contributed by atoms with Gasteiger partial charge >= 0.3 is 8.25 Å². The highest BCUT2D eigenvalue weighted by atomic mass is 31.1. The molecule has 0 radical (unpaired) electrons. The zero-order valence-corrected chi connectivity index (χ0v) is 8.19. The van der Waals surface area contributed by atoms with E-state index < -0.39 is 8.25 Å². The molecule has 5 nitrogen and oxygen atoms in total. The standard InChI is InChI=1S/C5H9N2.CH3O3P/c1-6-3-4-7(2)5-6;1-4-5(2)3/h3-5H,1-2H3;1H3/q+1;. The molecule has 0 fully saturated rings. The molecule has 1 atom stereocenters. The number of imidazole rings is 1. The minimum Gasteiger partial charge on any atom is -0.566 e. The summed E-state index contributed by atoms with van der Waals surface area (Å²) in [6, 6.07) is 0. The predicted octanol–water partition coefficient (Wildman–Crippen LogP) is -0.500. The summed E-state index contributed by atoms with van der Waals surface area (Å²) < 4.78 is 16.9. The third kappa shape index (κ3) is 5.97. The van der Waals surface area contributed by atoms with Gasteiger partial charge in [0.2, 0.25) is 6.33 Å². The average Bonchev–Trinajstić information content (AvgIpc) is 2.36. The Bertz CT molecular complexity index is 232. The molecule has 0 amide bonds. The maximum absolute atomic E-state index is 9.18. The molecule has 6 heteroatoms. The summed E-state index contributed by atoms with van der Waals surface area (Å²) in [5.41, 5.74) is 0. The van der Waals surface area contributed by atoms with E-state index >= 15 is 0 Å². The molecule has 0 aliphatic carbocycles. The molecule has 0 N–H and O–H groups in total. The van der Waals surface area contributed by atoms with E-state index in [4.69, 9.17) is 0 Å². The first kappa shape index (κ1) is 11.2. The van der Waals surface area contributed by atoms with Crippen molar-refractivity contribution < 1.29 is 18.5 Å². The molecule has 68 valence electrons. The van der Waals surface area contributed by atoms with Crippen molar-refractivity contribution in [3.8, 4) is 0 Å². The van der Waals surface area contributed by atoms with Gasteiger partial charge in [0.15, 0.2) is 0 Å². The van der Waals surface area contributed by atoms with Crippen molar-refractivity contribution in [3.05, 3.63) is 18.7 Å². The highest BCUT2D eigenvalue weighted by molar-refractivity contribution is 7.30. The van der Waals surface area contributed by atoms with Crippen LogP contribution < -0.4 is 9.46 Å². The molecule has 1 aromatic rings. The first-order valence-corrected chi connectivity index (χ1v) is 4.31. The van der Waals surface area contributed by atoms with E-state index in [0.29, 0.717) is 0 Å². The molecular weight excluding hydrogens is 179 g/mol. The number of aryl methyl sites for hydroxylation is 2. The Kier molecular flexibility index (Phi) is 5.45. The quantitative estimate of drug-likeness (QED) is 0.444. The van der Waals surface area contributed by atoms with Gasteiger partial charge in [0.05, 0.1) is 21.2 Å². The molecule has 0 aliphatic heterocycles. The fourth-order valence-electron chi connectivity index (χ4n) is 0.575. The molecule has 0 aromatic carbocycles. The lowest BCUT2D eigenvalue weighted by atomic mass is 10.9. The second-order valence-electron chi connectivity index (χ2n) is 2.15. The van der Waals surface area contributed by atoms with Gasteiger partial charge in [-0.3, -0.25) is 0 Å². The van der Waals surface area contributed by atoms with Gasteiger partial charge in [0.25, 0.3) is 0 Å². The van der Waals surface area contributed by atoms with Crippen molar-refractivity contribution >= 4 is 8.25 Å². The van der Waals surface area contributed by atoms with Crippen molar-refractivity contribution in [2.24, 2.45) is 14.1 Å². The Labute approximate surface area is 72.2 Å². The molecule has 0 bridgehead atoms. The number of hydrogen-bond donors (Lipinski definition) is 0. The molecule has 12 heavy (non-hydrogen) atoms. The Morgan fingerprint density at radius 2 is 2.17 bits per heavy atom. The fourth-order valence-corrected chi connectivity index (χ4v) is 0.575. The summed E-state index contributed by atoms with van der Waals surface area (Å²) in [6.07, 6.45) is 6.00. The molecule has 1 heterocycles. The summed E-state index contributed by atoms with van der Waals surface area (Å²) in [5, 5.41) is 0. The summed E-state index contributed by atoms with van der Waals surface area (Å²) in [5.74, 6) is 0. The molecule has 0 saturated heterocycles. The fraction of sp³-hybridized carbons (Fsp3) is 0.500. The molecule has 0 aliphatic rings. The van der Waals surface area contributed by atoms with Gasteiger partial charge in [-0.15, -0.1) is 0 Å². The molecule has 1 unspecified atom stereocenters. The molecule has 1 rings (SSSR count). The van der Waals surface area contributed by atoms with Crippen molar-refractivity contribution in [1.29, 1.82) is 0 Å². The van der Waals surface area contributed by atoms with E-state index in [-0.39, 0.29) is 0 Å². The third-order valence-corrected chi connectivity index (χ3v) is 1.35. The number of hydrogen-bond acceptors (Lipinski definition) is 3. The van der Waals surface area contributed by atoms with Crippen LogP contribution in [0.25, 0.3) is 0 Å². The second-order valence-corrected chi connectivity index (χ2v) is 2.96. The van der Waals surface area contributed by atoms with E-state index in [9.17, 15) is 9.46 Å². The largest absolute Gasteiger partial charge is 0.566 e. The van der Waals surface area contributed by atoms with Gasteiger partial charge < -0.3 is 4.89 Å². The Hall–Kier alpha value is -0.770. The van der Waals surface area contributed by atoms with Gasteiger partial charge in [-0.2, -0.15) is 4.52 Å². The van der Waals surface area contributed by atoms with Crippen LogP contribution in [-0.2, 0) is 23.2 Å². The lowest BCUT2D eigenvalue weighted by molar-refractivity contribution is -0.670. The normalized spacial score (nSPS) is 10.2. The minimum absolute atomic E-state index is 1.10. The highest BCUT2D eigenvalue weighted by Gasteiger charge is 1.87. The SMILES string of the molecule is CO[P+](=O)[O-].Cn1cc[n+](C)c1. The molecular formula is C6H12N2O3P+. The topological polar surface area (TPSA) is 58.2 Å². The first-order chi connectivity index (χ1) is 5.56. The van der Waals surface area contributed by atoms with Crippen LogP contribution in [0.2, 0.25) is 0 Å². The summed E-state index contributed by atoms with van der Waals surface area (Å²) in [6.45, 7) is 0. The minimum atomic E-state index is -2.60. The highest BCUT2D eigenvalue weighted by Crippen LogP contribution is 2.02.